The van der Waals surface area contributed by atoms with Crippen molar-refractivity contribution in [1.29, 1.82) is 0 Å². The fourth-order valence-corrected chi connectivity index (χ4v) is 3.22. The van der Waals surface area contributed by atoms with Gasteiger partial charge in [-0.2, -0.15) is 4.37 Å². The van der Waals surface area contributed by atoms with Gasteiger partial charge in [-0.25, -0.2) is 4.98 Å². The molecule has 2 rings (SSSR count). The van der Waals surface area contributed by atoms with Crippen LogP contribution < -0.4 is 4.90 Å². The Morgan fingerprint density at radius 2 is 2.41 bits per heavy atom. The fourth-order valence-electron chi connectivity index (χ4n) is 2.41. The van der Waals surface area contributed by atoms with Crippen LogP contribution in [-0.2, 0) is 6.42 Å². The third-order valence-electron chi connectivity index (χ3n) is 3.17. The van der Waals surface area contributed by atoms with Gasteiger partial charge in [0.25, 0.3) is 0 Å². The maximum atomic E-state index is 9.51. The number of anilines is 1. The molecule has 0 spiro atoms. The molecule has 2 atom stereocenters. The first-order valence-electron chi connectivity index (χ1n) is 6.48. The first-order valence-corrected chi connectivity index (χ1v) is 7.25. The number of hydrogen-bond acceptors (Lipinski definition) is 5. The normalized spacial score (nSPS) is 22.1. The van der Waals surface area contributed by atoms with Gasteiger partial charge in [-0.15, -0.1) is 0 Å². The van der Waals surface area contributed by atoms with Crippen molar-refractivity contribution in [1.82, 2.24) is 9.36 Å². The van der Waals surface area contributed by atoms with Crippen molar-refractivity contribution in [3.63, 3.8) is 0 Å². The molecule has 1 aliphatic rings. The lowest BCUT2D eigenvalue weighted by atomic mass is 10.1. The number of rotatable bonds is 5. The zero-order chi connectivity index (χ0) is 12.3. The summed E-state index contributed by atoms with van der Waals surface area (Å²) < 4.78 is 4.39. The molecule has 1 aliphatic heterocycles. The van der Waals surface area contributed by atoms with Gasteiger partial charge in [-0.05, 0) is 32.6 Å². The number of aryl methyl sites for hydroxylation is 1. The Labute approximate surface area is 107 Å². The third kappa shape index (κ3) is 3.16. The van der Waals surface area contributed by atoms with Crippen LogP contribution in [0, 0.1) is 0 Å². The molecule has 96 valence electrons. The van der Waals surface area contributed by atoms with Gasteiger partial charge in [0, 0.05) is 30.5 Å². The first-order chi connectivity index (χ1) is 8.20. The summed E-state index contributed by atoms with van der Waals surface area (Å²) in [5.74, 6) is 0.968. The van der Waals surface area contributed by atoms with E-state index in [1.165, 1.54) is 18.0 Å². The molecule has 0 radical (unpaired) electrons. The minimum Gasteiger partial charge on any atom is -0.393 e. The summed E-state index contributed by atoms with van der Waals surface area (Å²) >= 11 is 1.50. The van der Waals surface area contributed by atoms with Crippen molar-refractivity contribution in [3.8, 4) is 0 Å². The highest BCUT2D eigenvalue weighted by molar-refractivity contribution is 7.09. The van der Waals surface area contributed by atoms with Crippen LogP contribution in [0.4, 0.5) is 5.13 Å². The summed E-state index contributed by atoms with van der Waals surface area (Å²) in [5, 5.41) is 10.5. The standard InChI is InChI=1S/C12H21N3OS/c1-3-5-11-13-12(17-14-11)15-7-4-6-10(15)8-9(2)16/h9-10,16H,3-8H2,1-2H3. The molecule has 0 bridgehead atoms. The second kappa shape index (κ2) is 5.78. The molecule has 2 unspecified atom stereocenters. The van der Waals surface area contributed by atoms with E-state index >= 15 is 0 Å². The lowest BCUT2D eigenvalue weighted by Gasteiger charge is -2.24. The Bertz CT molecular complexity index is 353. The van der Waals surface area contributed by atoms with E-state index < -0.39 is 0 Å². The summed E-state index contributed by atoms with van der Waals surface area (Å²) in [6.45, 7) is 5.06. The quantitative estimate of drug-likeness (QED) is 0.876. The molecule has 1 N–H and O–H groups in total. The van der Waals surface area contributed by atoms with E-state index in [0.717, 1.165) is 43.2 Å². The van der Waals surface area contributed by atoms with Crippen LogP contribution in [0.25, 0.3) is 0 Å². The average Bonchev–Trinajstić information content (AvgIpc) is 2.86. The Kier molecular flexibility index (Phi) is 4.34. The molecule has 5 heteroatoms. The molecule has 1 saturated heterocycles. The molecule has 0 aromatic carbocycles. The van der Waals surface area contributed by atoms with E-state index in [4.69, 9.17) is 0 Å². The molecule has 4 nitrogen and oxygen atoms in total. The van der Waals surface area contributed by atoms with Crippen LogP contribution in [0.15, 0.2) is 0 Å². The summed E-state index contributed by atoms with van der Waals surface area (Å²) in [6, 6.07) is 0.442. The second-order valence-electron chi connectivity index (χ2n) is 4.82. The van der Waals surface area contributed by atoms with Gasteiger partial charge in [0.05, 0.1) is 6.10 Å². The zero-order valence-electron chi connectivity index (χ0n) is 10.6. The Balaban J connectivity index is 2.03. The van der Waals surface area contributed by atoms with Crippen molar-refractivity contribution in [2.24, 2.45) is 0 Å². The number of hydrogen-bond donors (Lipinski definition) is 1. The van der Waals surface area contributed by atoms with Gasteiger partial charge in [0.2, 0.25) is 5.13 Å². The molecule has 1 fully saturated rings. The molecule has 0 saturated carbocycles. The second-order valence-corrected chi connectivity index (χ2v) is 5.55. The van der Waals surface area contributed by atoms with Gasteiger partial charge in [-0.3, -0.25) is 0 Å². The van der Waals surface area contributed by atoms with Gasteiger partial charge in [-0.1, -0.05) is 6.92 Å². The molecular weight excluding hydrogens is 234 g/mol. The molecule has 2 heterocycles. The molecule has 0 aliphatic carbocycles. The summed E-state index contributed by atoms with van der Waals surface area (Å²) in [5.41, 5.74) is 0. The summed E-state index contributed by atoms with van der Waals surface area (Å²) in [7, 11) is 0. The van der Waals surface area contributed by atoms with E-state index in [1.807, 2.05) is 6.92 Å². The van der Waals surface area contributed by atoms with Gasteiger partial charge >= 0.3 is 0 Å². The topological polar surface area (TPSA) is 49.2 Å². The smallest absolute Gasteiger partial charge is 0.205 e. The van der Waals surface area contributed by atoms with Crippen molar-refractivity contribution in [2.75, 3.05) is 11.4 Å². The van der Waals surface area contributed by atoms with Crippen molar-refractivity contribution in [3.05, 3.63) is 5.82 Å². The van der Waals surface area contributed by atoms with Crippen LogP contribution in [0.2, 0.25) is 0 Å². The Hall–Kier alpha value is -0.680. The monoisotopic (exact) mass is 255 g/mol. The van der Waals surface area contributed by atoms with Crippen LogP contribution in [0.1, 0.15) is 45.4 Å². The summed E-state index contributed by atoms with van der Waals surface area (Å²) in [4.78, 5) is 6.91. The van der Waals surface area contributed by atoms with E-state index in [1.54, 1.807) is 0 Å². The number of aromatic nitrogens is 2. The van der Waals surface area contributed by atoms with Gasteiger partial charge < -0.3 is 10.0 Å². The molecule has 1 aromatic rings. The van der Waals surface area contributed by atoms with E-state index in [2.05, 4.69) is 21.2 Å². The average molecular weight is 255 g/mol. The molecule has 0 amide bonds. The maximum absolute atomic E-state index is 9.51. The number of aliphatic hydroxyl groups excluding tert-OH is 1. The lowest BCUT2D eigenvalue weighted by Crippen LogP contribution is -2.31. The highest BCUT2D eigenvalue weighted by atomic mass is 32.1. The highest BCUT2D eigenvalue weighted by Crippen LogP contribution is 2.29. The number of aliphatic hydroxyl groups is 1. The van der Waals surface area contributed by atoms with Gasteiger partial charge in [0.1, 0.15) is 5.82 Å². The highest BCUT2D eigenvalue weighted by Gasteiger charge is 2.28. The van der Waals surface area contributed by atoms with Crippen molar-refractivity contribution < 1.29 is 5.11 Å². The third-order valence-corrected chi connectivity index (χ3v) is 3.96. The Morgan fingerprint density at radius 3 is 3.12 bits per heavy atom. The first kappa shape index (κ1) is 12.8. The van der Waals surface area contributed by atoms with Gasteiger partial charge in [0.15, 0.2) is 0 Å². The predicted octanol–water partition coefficient (Wildman–Crippen LogP) is 2.23. The van der Waals surface area contributed by atoms with Crippen LogP contribution in [0.5, 0.6) is 0 Å². The minimum absolute atomic E-state index is 0.233. The van der Waals surface area contributed by atoms with Crippen molar-refractivity contribution in [2.45, 2.75) is 58.1 Å². The van der Waals surface area contributed by atoms with E-state index in [9.17, 15) is 5.11 Å². The Morgan fingerprint density at radius 1 is 1.59 bits per heavy atom. The molecule has 17 heavy (non-hydrogen) atoms. The summed E-state index contributed by atoms with van der Waals surface area (Å²) in [6.07, 6.45) is 5.01. The van der Waals surface area contributed by atoms with E-state index in [0.29, 0.717) is 6.04 Å². The minimum atomic E-state index is -0.233. The fraction of sp³-hybridized carbons (Fsp3) is 0.833. The van der Waals surface area contributed by atoms with Crippen molar-refractivity contribution >= 4 is 16.7 Å². The molecular formula is C12H21N3OS. The predicted molar refractivity (Wildman–Crippen MR) is 70.6 cm³/mol. The largest absolute Gasteiger partial charge is 0.393 e. The zero-order valence-corrected chi connectivity index (χ0v) is 11.4. The van der Waals surface area contributed by atoms with Crippen LogP contribution in [-0.4, -0.2) is 33.2 Å². The van der Waals surface area contributed by atoms with E-state index in [-0.39, 0.29) is 6.10 Å². The van der Waals surface area contributed by atoms with Crippen LogP contribution >= 0.6 is 11.5 Å². The SMILES string of the molecule is CCCc1nsc(N2CCCC2CC(C)O)n1. The maximum Gasteiger partial charge on any atom is 0.205 e. The molecule has 1 aromatic heterocycles. The number of nitrogens with zero attached hydrogens (tertiary/aromatic N) is 3. The lowest BCUT2D eigenvalue weighted by molar-refractivity contribution is 0.175. The van der Waals surface area contributed by atoms with Crippen LogP contribution in [0.3, 0.4) is 0 Å².